The number of carbonyl (C=O) groups excluding carboxylic acids is 2. The largest absolute Gasteiger partial charge is 0.425 e. The van der Waals surface area contributed by atoms with Crippen LogP contribution in [0.5, 0.6) is 5.75 Å². The summed E-state index contributed by atoms with van der Waals surface area (Å²) >= 11 is 6.39. The molecular formula is C26H40ClN3O3. The van der Waals surface area contributed by atoms with Crippen LogP contribution in [-0.2, 0) is 4.79 Å². The van der Waals surface area contributed by atoms with Crippen LogP contribution in [0.15, 0.2) is 18.2 Å². The molecule has 2 fully saturated rings. The first-order chi connectivity index (χ1) is 15.8. The zero-order valence-corrected chi connectivity index (χ0v) is 21.3. The van der Waals surface area contributed by atoms with Gasteiger partial charge in [0.1, 0.15) is 5.75 Å². The van der Waals surface area contributed by atoms with Crippen LogP contribution in [0.2, 0.25) is 5.02 Å². The van der Waals surface area contributed by atoms with E-state index in [-0.39, 0.29) is 12.0 Å². The maximum atomic E-state index is 12.9. The number of rotatable bonds is 13. The number of benzene rings is 1. The molecule has 0 N–H and O–H groups in total. The molecule has 2 amide bonds. The van der Waals surface area contributed by atoms with Crippen LogP contribution < -0.4 is 9.64 Å². The van der Waals surface area contributed by atoms with Crippen LogP contribution >= 0.6 is 11.6 Å². The molecule has 0 radical (unpaired) electrons. The van der Waals surface area contributed by atoms with Gasteiger partial charge in [0.2, 0.25) is 0 Å². The summed E-state index contributed by atoms with van der Waals surface area (Å²) in [5.74, 6) is 0.105. The number of hydrogen-bond donors (Lipinski definition) is 0. The second-order valence-corrected chi connectivity index (χ2v) is 10.7. The number of hydrogen-bond acceptors (Lipinski definition) is 4. The van der Waals surface area contributed by atoms with Gasteiger partial charge < -0.3 is 14.5 Å². The van der Waals surface area contributed by atoms with E-state index < -0.39 is 0 Å². The summed E-state index contributed by atoms with van der Waals surface area (Å²) in [6.07, 6.45) is 8.50. The van der Waals surface area contributed by atoms with Crippen LogP contribution in [-0.4, -0.2) is 61.1 Å². The zero-order valence-electron chi connectivity index (χ0n) is 20.6. The molecule has 0 saturated carbocycles. The van der Waals surface area contributed by atoms with Gasteiger partial charge in [0.15, 0.2) is 0 Å². The predicted molar refractivity (Wildman–Crippen MR) is 134 cm³/mol. The number of likely N-dealkylation sites (tertiary alicyclic amines) is 1. The summed E-state index contributed by atoms with van der Waals surface area (Å²) in [4.78, 5) is 31.1. The summed E-state index contributed by atoms with van der Waals surface area (Å²) < 4.78 is 5.47. The lowest BCUT2D eigenvalue weighted by Gasteiger charge is -2.46. The van der Waals surface area contributed by atoms with Crippen molar-refractivity contribution in [3.63, 3.8) is 0 Å². The van der Waals surface area contributed by atoms with Crippen LogP contribution in [0.4, 0.5) is 10.5 Å². The van der Waals surface area contributed by atoms with Crippen molar-refractivity contribution >= 4 is 29.3 Å². The quantitative estimate of drug-likeness (QED) is 0.199. The van der Waals surface area contributed by atoms with Crippen molar-refractivity contribution in [2.45, 2.75) is 72.1 Å². The predicted octanol–water partition coefficient (Wildman–Crippen LogP) is 5.97. The van der Waals surface area contributed by atoms with E-state index in [1.165, 1.54) is 32.1 Å². The number of carbonyl (C=O) groups is 2. The van der Waals surface area contributed by atoms with E-state index in [1.807, 2.05) is 11.0 Å². The zero-order chi connectivity index (χ0) is 23.8. The van der Waals surface area contributed by atoms with Crippen LogP contribution in [0.25, 0.3) is 0 Å². The molecule has 0 spiro atoms. The first-order valence-corrected chi connectivity index (χ1v) is 13.0. The third kappa shape index (κ3) is 7.61. The third-order valence-corrected chi connectivity index (χ3v) is 6.82. The molecule has 33 heavy (non-hydrogen) atoms. The molecule has 0 aliphatic carbocycles. The fraction of sp³-hybridized carbons (Fsp3) is 0.692. The standard InChI is InChI=1S/C26H40ClN3O3/c1-4-5-6-7-8-9-10-11-24(31)33-23-13-12-21(18-22(23)27)30-17-16-29(25(30)32)15-14-28-19-26(2,3)20-28/h12-13,18H,4-11,14-17,19-20H2,1-3H3. The van der Waals surface area contributed by atoms with E-state index in [0.29, 0.717) is 35.7 Å². The summed E-state index contributed by atoms with van der Waals surface area (Å²) in [7, 11) is 0. The SMILES string of the molecule is CCCCCCCCCC(=O)Oc1ccc(N2CCN(CCN3CC(C)(C)C3)C2=O)cc1Cl. The van der Waals surface area contributed by atoms with Gasteiger partial charge in [0.25, 0.3) is 0 Å². The minimum absolute atomic E-state index is 0.00883. The van der Waals surface area contributed by atoms with Gasteiger partial charge in [-0.25, -0.2) is 4.79 Å². The molecule has 6 nitrogen and oxygen atoms in total. The van der Waals surface area contributed by atoms with Crippen molar-refractivity contribution in [1.29, 1.82) is 0 Å². The highest BCUT2D eigenvalue weighted by atomic mass is 35.5. The lowest BCUT2D eigenvalue weighted by Crippen LogP contribution is -2.54. The third-order valence-electron chi connectivity index (χ3n) is 6.52. The second-order valence-electron chi connectivity index (χ2n) is 10.3. The van der Waals surface area contributed by atoms with Crippen molar-refractivity contribution in [2.24, 2.45) is 5.41 Å². The highest BCUT2D eigenvalue weighted by molar-refractivity contribution is 6.32. The molecule has 3 rings (SSSR count). The summed E-state index contributed by atoms with van der Waals surface area (Å²) in [5.41, 5.74) is 1.14. The summed E-state index contributed by atoms with van der Waals surface area (Å²) in [6, 6.07) is 5.23. The Balaban J connectivity index is 1.41. The minimum atomic E-state index is -0.254. The van der Waals surface area contributed by atoms with E-state index >= 15 is 0 Å². The Bertz CT molecular complexity index is 806. The van der Waals surface area contributed by atoms with E-state index in [9.17, 15) is 9.59 Å². The number of anilines is 1. The number of ether oxygens (including phenoxy) is 1. The Morgan fingerprint density at radius 2 is 1.73 bits per heavy atom. The molecule has 2 heterocycles. The molecule has 1 aromatic carbocycles. The summed E-state index contributed by atoms with van der Waals surface area (Å²) in [5, 5.41) is 0.356. The van der Waals surface area contributed by atoms with E-state index in [4.69, 9.17) is 16.3 Å². The Morgan fingerprint density at radius 3 is 2.39 bits per heavy atom. The lowest BCUT2D eigenvalue weighted by molar-refractivity contribution is -0.134. The molecule has 0 atom stereocenters. The van der Waals surface area contributed by atoms with Crippen molar-refractivity contribution in [3.8, 4) is 5.75 Å². The second kappa shape index (κ2) is 12.1. The normalized spacial score (nSPS) is 18.0. The van der Waals surface area contributed by atoms with Crippen molar-refractivity contribution in [3.05, 3.63) is 23.2 Å². The van der Waals surface area contributed by atoms with Crippen LogP contribution in [0, 0.1) is 5.41 Å². The fourth-order valence-electron chi connectivity index (χ4n) is 4.75. The van der Waals surface area contributed by atoms with Gasteiger partial charge in [0, 0.05) is 51.4 Å². The first kappa shape index (κ1) is 25.8. The molecule has 1 aromatic rings. The van der Waals surface area contributed by atoms with Gasteiger partial charge in [-0.3, -0.25) is 9.69 Å². The first-order valence-electron chi connectivity index (χ1n) is 12.6. The fourth-order valence-corrected chi connectivity index (χ4v) is 4.97. The molecule has 0 bridgehead atoms. The topological polar surface area (TPSA) is 53.1 Å². The number of halogens is 1. The Kier molecular flexibility index (Phi) is 9.45. The monoisotopic (exact) mass is 477 g/mol. The Morgan fingerprint density at radius 1 is 1.03 bits per heavy atom. The maximum Gasteiger partial charge on any atom is 0.324 e. The van der Waals surface area contributed by atoms with Crippen molar-refractivity contribution < 1.29 is 14.3 Å². The smallest absolute Gasteiger partial charge is 0.324 e. The van der Waals surface area contributed by atoms with Gasteiger partial charge in [-0.1, -0.05) is 70.9 Å². The molecule has 7 heteroatoms. The average Bonchev–Trinajstić information content (AvgIpc) is 3.11. The van der Waals surface area contributed by atoms with Gasteiger partial charge in [-0.15, -0.1) is 0 Å². The van der Waals surface area contributed by atoms with E-state index in [2.05, 4.69) is 25.7 Å². The van der Waals surface area contributed by atoms with Crippen molar-refractivity contribution in [2.75, 3.05) is 44.2 Å². The molecule has 184 valence electrons. The number of nitrogens with zero attached hydrogens (tertiary/aromatic N) is 3. The van der Waals surface area contributed by atoms with Gasteiger partial charge >= 0.3 is 12.0 Å². The molecule has 0 unspecified atom stereocenters. The molecule has 0 aromatic heterocycles. The van der Waals surface area contributed by atoms with Gasteiger partial charge in [-0.2, -0.15) is 0 Å². The highest BCUT2D eigenvalue weighted by Crippen LogP contribution is 2.32. The molecule has 2 aliphatic heterocycles. The van der Waals surface area contributed by atoms with Crippen molar-refractivity contribution in [1.82, 2.24) is 9.80 Å². The summed E-state index contributed by atoms with van der Waals surface area (Å²) in [6.45, 7) is 11.9. The number of urea groups is 1. The number of esters is 1. The maximum absolute atomic E-state index is 12.9. The molecule has 2 saturated heterocycles. The molecule has 2 aliphatic rings. The van der Waals surface area contributed by atoms with Gasteiger partial charge in [-0.05, 0) is 30.0 Å². The number of unbranched alkanes of at least 4 members (excludes halogenated alkanes) is 6. The van der Waals surface area contributed by atoms with E-state index in [1.54, 1.807) is 17.0 Å². The Hall–Kier alpha value is -1.79. The highest BCUT2D eigenvalue weighted by Gasteiger charge is 2.35. The van der Waals surface area contributed by atoms with Crippen LogP contribution in [0.1, 0.15) is 72.1 Å². The average molecular weight is 478 g/mol. The van der Waals surface area contributed by atoms with Crippen LogP contribution in [0.3, 0.4) is 0 Å². The van der Waals surface area contributed by atoms with Gasteiger partial charge in [0.05, 0.1) is 5.02 Å². The molecular weight excluding hydrogens is 438 g/mol. The lowest BCUT2D eigenvalue weighted by atomic mass is 9.84. The van der Waals surface area contributed by atoms with E-state index in [0.717, 1.165) is 44.7 Å². The minimum Gasteiger partial charge on any atom is -0.425 e. The Labute approximate surface area is 204 Å². The number of amides is 2.